The van der Waals surface area contributed by atoms with E-state index in [0.29, 0.717) is 10.8 Å². The molecule has 0 saturated carbocycles. The molecule has 1 aromatic rings. The fourth-order valence-electron chi connectivity index (χ4n) is 1.19. The van der Waals surface area contributed by atoms with Gasteiger partial charge in [-0.15, -0.1) is 0 Å². The second kappa shape index (κ2) is 8.12. The predicted octanol–water partition coefficient (Wildman–Crippen LogP) is 2.74. The lowest BCUT2D eigenvalue weighted by atomic mass is 10.3. The molecule has 1 heterocycles. The molecule has 1 amide bonds. The first-order valence-corrected chi connectivity index (χ1v) is 6.33. The number of hydrogen-bond donors (Lipinski definition) is 1. The fraction of sp³-hybridized carbons (Fsp3) is 0.214. The zero-order valence-corrected chi connectivity index (χ0v) is 11.9. The summed E-state index contributed by atoms with van der Waals surface area (Å²) in [6.07, 6.45) is 6.72. The third kappa shape index (κ3) is 5.67. The highest BCUT2D eigenvalue weighted by Crippen LogP contribution is 2.10. The molecule has 106 valence electrons. The van der Waals surface area contributed by atoms with E-state index in [9.17, 15) is 9.59 Å². The van der Waals surface area contributed by atoms with Crippen LogP contribution in [-0.4, -0.2) is 23.0 Å². The molecule has 6 heteroatoms. The molecule has 0 aliphatic heterocycles. The highest BCUT2D eigenvalue weighted by atomic mass is 35.5. The van der Waals surface area contributed by atoms with Crippen LogP contribution in [0.4, 0.5) is 5.82 Å². The lowest BCUT2D eigenvalue weighted by molar-refractivity contribution is -0.148. The van der Waals surface area contributed by atoms with Gasteiger partial charge in [-0.2, -0.15) is 0 Å². The first-order valence-electron chi connectivity index (χ1n) is 5.95. The number of ether oxygens (including phenoxy) is 1. The van der Waals surface area contributed by atoms with E-state index in [4.69, 9.17) is 16.3 Å². The predicted molar refractivity (Wildman–Crippen MR) is 77.4 cm³/mol. The minimum absolute atomic E-state index is 0.340. The van der Waals surface area contributed by atoms with Gasteiger partial charge in [-0.3, -0.25) is 4.79 Å². The van der Waals surface area contributed by atoms with Crippen molar-refractivity contribution in [3.63, 3.8) is 0 Å². The average Bonchev–Trinajstić information content (AvgIpc) is 2.41. The molecule has 1 unspecified atom stereocenters. The van der Waals surface area contributed by atoms with Gasteiger partial charge in [0.05, 0.1) is 5.02 Å². The van der Waals surface area contributed by atoms with E-state index in [1.54, 1.807) is 24.3 Å². The molecule has 1 atom stereocenters. The molecule has 0 fully saturated rings. The zero-order chi connectivity index (χ0) is 15.0. The van der Waals surface area contributed by atoms with Crippen LogP contribution in [0.15, 0.2) is 42.6 Å². The summed E-state index contributed by atoms with van der Waals surface area (Å²) >= 11 is 5.68. The maximum Gasteiger partial charge on any atom is 0.331 e. The van der Waals surface area contributed by atoms with Gasteiger partial charge in [0.2, 0.25) is 0 Å². The molecule has 0 aromatic carbocycles. The van der Waals surface area contributed by atoms with Crippen molar-refractivity contribution in [3.05, 3.63) is 47.7 Å². The SMILES string of the molecule is CC=CC=CC(=O)OC(C)C(=O)Nc1ccc(Cl)cn1. The lowest BCUT2D eigenvalue weighted by Gasteiger charge is -2.11. The summed E-state index contributed by atoms with van der Waals surface area (Å²) in [5.41, 5.74) is 0. The number of anilines is 1. The molecule has 0 bridgehead atoms. The summed E-state index contributed by atoms with van der Waals surface area (Å²) in [6, 6.07) is 3.15. The second-order valence-corrected chi connectivity index (χ2v) is 4.25. The quantitative estimate of drug-likeness (QED) is 0.515. The maximum absolute atomic E-state index is 11.8. The van der Waals surface area contributed by atoms with Gasteiger partial charge < -0.3 is 10.1 Å². The van der Waals surface area contributed by atoms with Crippen LogP contribution in [0.3, 0.4) is 0 Å². The van der Waals surface area contributed by atoms with E-state index in [2.05, 4.69) is 10.3 Å². The van der Waals surface area contributed by atoms with Crippen LogP contribution in [0.5, 0.6) is 0 Å². The largest absolute Gasteiger partial charge is 0.449 e. The number of pyridine rings is 1. The van der Waals surface area contributed by atoms with Gasteiger partial charge in [-0.1, -0.05) is 29.8 Å². The molecule has 1 N–H and O–H groups in total. The molecule has 5 nitrogen and oxygen atoms in total. The highest BCUT2D eigenvalue weighted by Gasteiger charge is 2.16. The van der Waals surface area contributed by atoms with Gasteiger partial charge in [0.15, 0.2) is 6.10 Å². The van der Waals surface area contributed by atoms with Gasteiger partial charge in [0, 0.05) is 12.3 Å². The van der Waals surface area contributed by atoms with Crippen LogP contribution >= 0.6 is 11.6 Å². The van der Waals surface area contributed by atoms with Crippen LogP contribution in [0.25, 0.3) is 0 Å². The van der Waals surface area contributed by atoms with Crippen molar-refractivity contribution in [2.45, 2.75) is 20.0 Å². The number of halogens is 1. The Morgan fingerprint density at radius 1 is 1.40 bits per heavy atom. The summed E-state index contributed by atoms with van der Waals surface area (Å²) in [5.74, 6) is -0.714. The van der Waals surface area contributed by atoms with Crippen molar-refractivity contribution in [2.75, 3.05) is 5.32 Å². The van der Waals surface area contributed by atoms with Crippen molar-refractivity contribution in [3.8, 4) is 0 Å². The number of rotatable bonds is 5. The van der Waals surface area contributed by atoms with E-state index in [0.717, 1.165) is 0 Å². The maximum atomic E-state index is 11.8. The summed E-state index contributed by atoms with van der Waals surface area (Å²) in [7, 11) is 0. The number of amides is 1. The number of nitrogens with one attached hydrogen (secondary N) is 1. The summed E-state index contributed by atoms with van der Waals surface area (Å²) in [4.78, 5) is 27.1. The Morgan fingerprint density at radius 3 is 2.75 bits per heavy atom. The highest BCUT2D eigenvalue weighted by molar-refractivity contribution is 6.30. The Balaban J connectivity index is 2.50. The Bertz CT molecular complexity index is 524. The van der Waals surface area contributed by atoms with Crippen molar-refractivity contribution >= 4 is 29.3 Å². The van der Waals surface area contributed by atoms with Gasteiger partial charge in [-0.25, -0.2) is 9.78 Å². The first kappa shape index (κ1) is 15.9. The number of nitrogens with zero attached hydrogens (tertiary/aromatic N) is 1. The molecule has 0 spiro atoms. The Morgan fingerprint density at radius 2 is 2.15 bits per heavy atom. The number of carbonyl (C=O) groups is 2. The van der Waals surface area contributed by atoms with E-state index >= 15 is 0 Å². The van der Waals surface area contributed by atoms with Crippen molar-refractivity contribution < 1.29 is 14.3 Å². The van der Waals surface area contributed by atoms with Crippen LogP contribution in [-0.2, 0) is 14.3 Å². The van der Waals surface area contributed by atoms with Gasteiger partial charge in [0.1, 0.15) is 5.82 Å². The van der Waals surface area contributed by atoms with E-state index in [1.807, 2.05) is 6.92 Å². The molecule has 0 saturated heterocycles. The van der Waals surface area contributed by atoms with Crippen molar-refractivity contribution in [2.24, 2.45) is 0 Å². The standard InChI is InChI=1S/C14H15ClN2O3/c1-3-4-5-6-13(18)20-10(2)14(19)17-12-8-7-11(15)9-16-12/h3-10H,1-2H3,(H,16,17,19). The van der Waals surface area contributed by atoms with Crippen molar-refractivity contribution in [1.82, 2.24) is 4.98 Å². The smallest absolute Gasteiger partial charge is 0.331 e. The number of esters is 1. The van der Waals surface area contributed by atoms with Gasteiger partial charge in [0.25, 0.3) is 5.91 Å². The Kier molecular flexibility index (Phi) is 6.46. The minimum atomic E-state index is -0.921. The molecular formula is C14H15ClN2O3. The first-order chi connectivity index (χ1) is 9.52. The van der Waals surface area contributed by atoms with Gasteiger partial charge >= 0.3 is 5.97 Å². The third-order valence-corrected chi connectivity index (χ3v) is 2.40. The summed E-state index contributed by atoms with van der Waals surface area (Å²) in [5, 5.41) is 2.99. The zero-order valence-electron chi connectivity index (χ0n) is 11.2. The third-order valence-electron chi connectivity index (χ3n) is 2.18. The normalized spacial score (nSPS) is 12.6. The monoisotopic (exact) mass is 294 g/mol. The van der Waals surface area contributed by atoms with Crippen LogP contribution in [0.2, 0.25) is 5.02 Å². The molecule has 0 radical (unpaired) electrons. The average molecular weight is 295 g/mol. The van der Waals surface area contributed by atoms with E-state index in [-0.39, 0.29) is 0 Å². The second-order valence-electron chi connectivity index (χ2n) is 3.81. The molecular weight excluding hydrogens is 280 g/mol. The minimum Gasteiger partial charge on any atom is -0.449 e. The number of allylic oxidation sites excluding steroid dienone is 3. The van der Waals surface area contributed by atoms with Crippen molar-refractivity contribution in [1.29, 1.82) is 0 Å². The molecule has 20 heavy (non-hydrogen) atoms. The topological polar surface area (TPSA) is 68.3 Å². The van der Waals surface area contributed by atoms with Crippen LogP contribution in [0, 0.1) is 0 Å². The number of hydrogen-bond acceptors (Lipinski definition) is 4. The lowest BCUT2D eigenvalue weighted by Crippen LogP contribution is -2.29. The summed E-state index contributed by atoms with van der Waals surface area (Å²) < 4.78 is 4.93. The molecule has 0 aliphatic rings. The Hall–Kier alpha value is -2.14. The molecule has 1 rings (SSSR count). The molecule has 1 aromatic heterocycles. The number of carbonyl (C=O) groups excluding carboxylic acids is 2. The van der Waals surface area contributed by atoms with Gasteiger partial charge in [-0.05, 0) is 26.0 Å². The summed E-state index contributed by atoms with van der Waals surface area (Å²) in [6.45, 7) is 3.30. The van der Waals surface area contributed by atoms with E-state index < -0.39 is 18.0 Å². The number of aromatic nitrogens is 1. The fourth-order valence-corrected chi connectivity index (χ4v) is 1.30. The van der Waals surface area contributed by atoms with Crippen LogP contribution in [0.1, 0.15) is 13.8 Å². The Labute approximate surface area is 122 Å². The van der Waals surface area contributed by atoms with E-state index in [1.165, 1.54) is 25.3 Å². The van der Waals surface area contributed by atoms with Crippen LogP contribution < -0.4 is 5.32 Å². The molecule has 0 aliphatic carbocycles.